The molecule has 0 radical (unpaired) electrons. The largest absolute Gasteiger partial charge is 0.457 e. The van der Waals surface area contributed by atoms with Crippen molar-refractivity contribution >= 4 is 44.6 Å². The summed E-state index contributed by atoms with van der Waals surface area (Å²) in [5.74, 6) is -1.70. The first-order valence-electron chi connectivity index (χ1n) is 24.3. The molecular formula is C61H57F3N4O. The summed E-state index contributed by atoms with van der Waals surface area (Å²) < 4.78 is 63.5. The van der Waals surface area contributed by atoms with Gasteiger partial charge in [-0.15, -0.1) is 0 Å². The second kappa shape index (κ2) is 17.6. The van der Waals surface area contributed by atoms with Crippen LogP contribution in [0, 0.1) is 17.5 Å². The summed E-state index contributed by atoms with van der Waals surface area (Å²) in [5, 5.41) is 2.21. The Labute approximate surface area is 404 Å². The number of nitrogens with zero attached hydrogens (tertiary/aromatic N) is 4. The number of ether oxygens (including phenoxy) is 1. The number of rotatable bonds is 10. The Balaban J connectivity index is 1.13. The lowest BCUT2D eigenvalue weighted by atomic mass is 9.87. The normalized spacial score (nSPS) is 13.3. The highest BCUT2D eigenvalue weighted by Gasteiger charge is 2.33. The molecule has 7 aromatic carbocycles. The van der Waals surface area contributed by atoms with Crippen LogP contribution >= 0.6 is 0 Å². The maximum absolute atomic E-state index is 15.4. The van der Waals surface area contributed by atoms with Gasteiger partial charge in [-0.3, -0.25) is 4.57 Å². The predicted octanol–water partition coefficient (Wildman–Crippen LogP) is 17.6. The van der Waals surface area contributed by atoms with Crippen LogP contribution < -0.4 is 14.5 Å². The fourth-order valence-corrected chi connectivity index (χ4v) is 9.99. The fraction of sp³-hybridized carbons (Fsp3) is 0.230. The summed E-state index contributed by atoms with van der Waals surface area (Å²) in [4.78, 5) is 9.47. The summed E-state index contributed by atoms with van der Waals surface area (Å²) in [6.07, 6.45) is 1.88. The lowest BCUT2D eigenvalue weighted by Gasteiger charge is -2.30. The Morgan fingerprint density at radius 3 is 1.91 bits per heavy atom. The fourth-order valence-electron chi connectivity index (χ4n) is 9.99. The van der Waals surface area contributed by atoms with Crippen LogP contribution in [0.1, 0.15) is 104 Å². The lowest BCUT2D eigenvalue weighted by molar-refractivity contribution is 0.483. The van der Waals surface area contributed by atoms with Crippen molar-refractivity contribution in [1.82, 2.24) is 9.55 Å². The van der Waals surface area contributed by atoms with Crippen molar-refractivity contribution in [2.45, 2.75) is 85.5 Å². The molecule has 0 amide bonds. The molecule has 10 rings (SSSR count). The molecule has 5 nitrogen and oxygen atoms in total. The third-order valence-corrected chi connectivity index (χ3v) is 13.4. The van der Waals surface area contributed by atoms with Gasteiger partial charge in [-0.05, 0) is 129 Å². The molecule has 0 aliphatic carbocycles. The van der Waals surface area contributed by atoms with Crippen molar-refractivity contribution in [3.63, 3.8) is 0 Å². The first kappa shape index (κ1) is 44.2. The summed E-state index contributed by atoms with van der Waals surface area (Å²) in [6, 6.07) is 46.7. The van der Waals surface area contributed by atoms with E-state index in [1.807, 2.05) is 68.6 Å². The third kappa shape index (κ3) is 8.30. The second-order valence-electron chi connectivity index (χ2n) is 20.1. The van der Waals surface area contributed by atoms with Crippen molar-refractivity contribution < 1.29 is 19.3 Å². The molecule has 9 aromatic rings. The highest BCUT2D eigenvalue weighted by atomic mass is 19.1. The molecule has 0 fully saturated rings. The molecule has 0 saturated carbocycles. The monoisotopic (exact) mass is 919 g/mol. The van der Waals surface area contributed by atoms with E-state index in [0.717, 1.165) is 90.3 Å². The SMILES string of the molecule is [2H]C(C)(C)c1ccccc1-c1cc(Oc2ccc3c4ccccc4n(-c4cc(C(C)(C)C)ccn4)c3c2)cc(N2CN(c3c(C(C)C)cc(-c4c(F)cc(F)cc4F)cc3C(C)C)c3ccccc32)c1. The van der Waals surface area contributed by atoms with E-state index in [9.17, 15) is 5.76 Å². The van der Waals surface area contributed by atoms with Gasteiger partial charge in [0.15, 0.2) is 0 Å². The van der Waals surface area contributed by atoms with Crippen LogP contribution in [0.4, 0.5) is 35.9 Å². The molecule has 69 heavy (non-hydrogen) atoms. The van der Waals surface area contributed by atoms with Crippen molar-refractivity contribution in [2.24, 2.45) is 0 Å². The molecule has 0 N–H and O–H groups in total. The van der Waals surface area contributed by atoms with Gasteiger partial charge in [0.1, 0.15) is 41.4 Å². The standard InChI is InChI=1S/C61H57F3N4O/c1-36(2)46-16-10-11-17-47(46)39-26-43(33-45(27-39)69-44-22-23-49-48-18-12-13-19-54(48)68(57(49)34-44)58-30-41(24-25-65-58)61(7,8)9)66-35-67(56-21-15-14-20-55(56)66)60-50(37(3)4)28-40(29-51(60)38(5)6)59-52(63)31-42(62)32-53(59)64/h10-34,36-38H,35H2,1-9H3/i36D. The van der Waals surface area contributed by atoms with Gasteiger partial charge >= 0.3 is 0 Å². The summed E-state index contributed by atoms with van der Waals surface area (Å²) in [5.41, 5.74) is 11.6. The molecule has 348 valence electrons. The number of benzene rings is 7. The third-order valence-electron chi connectivity index (χ3n) is 13.4. The predicted molar refractivity (Wildman–Crippen MR) is 279 cm³/mol. The highest BCUT2D eigenvalue weighted by Crippen LogP contribution is 2.51. The highest BCUT2D eigenvalue weighted by molar-refractivity contribution is 6.09. The van der Waals surface area contributed by atoms with Gasteiger partial charge in [0.05, 0.1) is 28.0 Å². The first-order valence-corrected chi connectivity index (χ1v) is 23.8. The van der Waals surface area contributed by atoms with E-state index in [1.165, 1.54) is 5.56 Å². The van der Waals surface area contributed by atoms with Crippen LogP contribution in [0.2, 0.25) is 0 Å². The maximum atomic E-state index is 15.4. The number of aromatic nitrogens is 2. The Hall–Kier alpha value is -7.32. The van der Waals surface area contributed by atoms with E-state index in [1.54, 1.807) is 0 Å². The summed E-state index contributed by atoms with van der Waals surface area (Å²) in [6.45, 7) is 19.2. The van der Waals surface area contributed by atoms with Crippen molar-refractivity contribution in [1.29, 1.82) is 0 Å². The van der Waals surface area contributed by atoms with Crippen LogP contribution in [0.5, 0.6) is 11.5 Å². The van der Waals surface area contributed by atoms with Gasteiger partial charge in [-0.2, -0.15) is 0 Å². The van der Waals surface area contributed by atoms with Gasteiger partial charge < -0.3 is 14.5 Å². The van der Waals surface area contributed by atoms with Crippen LogP contribution in [0.25, 0.3) is 49.9 Å². The minimum atomic E-state index is -0.956. The smallest absolute Gasteiger partial charge is 0.137 e. The number of halogens is 3. The average Bonchev–Trinajstić information content (AvgIpc) is 3.86. The summed E-state index contributed by atoms with van der Waals surface area (Å²) >= 11 is 0. The van der Waals surface area contributed by atoms with Crippen LogP contribution in [0.15, 0.2) is 152 Å². The van der Waals surface area contributed by atoms with E-state index in [2.05, 4.69) is 148 Å². The number of pyridine rings is 1. The summed E-state index contributed by atoms with van der Waals surface area (Å²) in [7, 11) is 0. The molecule has 0 atom stereocenters. The molecule has 0 bridgehead atoms. The zero-order valence-corrected chi connectivity index (χ0v) is 40.6. The van der Waals surface area contributed by atoms with Gasteiger partial charge in [0, 0.05) is 54.0 Å². The van der Waals surface area contributed by atoms with Crippen molar-refractivity contribution in [3.05, 3.63) is 191 Å². The Morgan fingerprint density at radius 2 is 1.23 bits per heavy atom. The topological polar surface area (TPSA) is 33.5 Å². The van der Waals surface area contributed by atoms with E-state index >= 15 is 8.78 Å². The maximum Gasteiger partial charge on any atom is 0.137 e. The number of anilines is 4. The molecule has 0 unspecified atom stereocenters. The average molecular weight is 920 g/mol. The molecule has 0 spiro atoms. The van der Waals surface area contributed by atoms with Crippen LogP contribution in [-0.2, 0) is 5.41 Å². The molecular weight excluding hydrogens is 862 g/mol. The number of hydrogen-bond acceptors (Lipinski definition) is 4. The molecule has 0 saturated heterocycles. The van der Waals surface area contributed by atoms with E-state index in [-0.39, 0.29) is 22.8 Å². The molecule has 8 heteroatoms. The lowest BCUT2D eigenvalue weighted by Crippen LogP contribution is -2.26. The number of hydrogen-bond donors (Lipinski definition) is 0. The van der Waals surface area contributed by atoms with Gasteiger partial charge in [-0.25, -0.2) is 18.2 Å². The Morgan fingerprint density at radius 1 is 0.594 bits per heavy atom. The molecule has 2 aromatic heterocycles. The van der Waals surface area contributed by atoms with Crippen LogP contribution in [0.3, 0.4) is 0 Å². The molecule has 3 heterocycles. The Kier molecular flexibility index (Phi) is 11.3. The number of para-hydroxylation sites is 3. The minimum absolute atomic E-state index is 0.0393. The van der Waals surface area contributed by atoms with E-state index < -0.39 is 23.3 Å². The van der Waals surface area contributed by atoms with E-state index in [0.29, 0.717) is 23.7 Å². The minimum Gasteiger partial charge on any atom is -0.457 e. The quantitative estimate of drug-likeness (QED) is 0.137. The van der Waals surface area contributed by atoms with Gasteiger partial charge in [0.25, 0.3) is 0 Å². The second-order valence-corrected chi connectivity index (χ2v) is 20.1. The van der Waals surface area contributed by atoms with Gasteiger partial charge in [0.2, 0.25) is 0 Å². The van der Waals surface area contributed by atoms with Crippen molar-refractivity contribution in [2.75, 3.05) is 16.5 Å². The first-order chi connectivity index (χ1) is 33.3. The molecule has 1 aliphatic rings. The van der Waals surface area contributed by atoms with Gasteiger partial charge in [-0.1, -0.05) is 117 Å². The molecule has 1 aliphatic heterocycles. The zero-order valence-electron chi connectivity index (χ0n) is 41.6. The zero-order chi connectivity index (χ0) is 49.4. The van der Waals surface area contributed by atoms with Crippen molar-refractivity contribution in [3.8, 4) is 39.6 Å². The number of fused-ring (bicyclic) bond motifs is 4. The van der Waals surface area contributed by atoms with Crippen LogP contribution in [-0.4, -0.2) is 16.2 Å². The van der Waals surface area contributed by atoms with E-state index in [4.69, 9.17) is 9.72 Å². The Bertz CT molecular complexity index is 3440.